The molecule has 0 saturated heterocycles. The molecule has 10 heteroatoms. The summed E-state index contributed by atoms with van der Waals surface area (Å²) in [6.45, 7) is 4.17. The minimum Gasteiger partial charge on any atom is -0.352 e. The molecule has 2 rings (SSSR count). The average Bonchev–Trinajstić information content (AvgIpc) is 2.72. The number of hydrogen-bond acceptors (Lipinski definition) is 5. The molecule has 0 aliphatic carbocycles. The van der Waals surface area contributed by atoms with E-state index in [1.165, 1.54) is 34.6 Å². The lowest BCUT2D eigenvalue weighted by Crippen LogP contribution is -2.31. The zero-order chi connectivity index (χ0) is 22.4. The molecular formula is C20H25ClN2O5S2. The molecule has 0 unspecified atom stereocenters. The normalized spacial score (nSPS) is 12.1. The third kappa shape index (κ3) is 5.81. The number of halogens is 1. The maximum atomic E-state index is 12.7. The van der Waals surface area contributed by atoms with E-state index in [0.29, 0.717) is 13.1 Å². The topological polar surface area (TPSA) is 101 Å². The number of nitrogens with one attached hydrogen (secondary N) is 1. The molecule has 7 nitrogen and oxygen atoms in total. The van der Waals surface area contributed by atoms with E-state index < -0.39 is 25.8 Å². The SMILES string of the molecule is CCN(CC)S(=O)(=O)c1ccc(Cl)c(C(=O)NCCCS(=O)(=O)c2ccccc2)c1. The molecular weight excluding hydrogens is 448 g/mol. The predicted molar refractivity (Wildman–Crippen MR) is 117 cm³/mol. The first-order valence-electron chi connectivity index (χ1n) is 9.49. The van der Waals surface area contributed by atoms with Gasteiger partial charge in [0.15, 0.2) is 9.84 Å². The van der Waals surface area contributed by atoms with E-state index in [1.54, 1.807) is 32.0 Å². The first kappa shape index (κ1) is 24.3. The Morgan fingerprint density at radius 1 is 0.967 bits per heavy atom. The lowest BCUT2D eigenvalue weighted by atomic mass is 10.2. The number of sulfonamides is 1. The number of hydrogen-bond donors (Lipinski definition) is 1. The van der Waals surface area contributed by atoms with Crippen molar-refractivity contribution in [2.45, 2.75) is 30.1 Å². The third-order valence-corrected chi connectivity index (χ3v) is 8.70. The second-order valence-corrected chi connectivity index (χ2v) is 10.9. The van der Waals surface area contributed by atoms with Gasteiger partial charge < -0.3 is 5.32 Å². The number of carbonyl (C=O) groups is 1. The summed E-state index contributed by atoms with van der Waals surface area (Å²) in [7, 11) is -7.17. The number of rotatable bonds is 10. The van der Waals surface area contributed by atoms with Crippen LogP contribution in [0.5, 0.6) is 0 Å². The Hall–Kier alpha value is -1.94. The van der Waals surface area contributed by atoms with Gasteiger partial charge in [-0.15, -0.1) is 0 Å². The van der Waals surface area contributed by atoms with Gasteiger partial charge in [0.25, 0.3) is 5.91 Å². The number of carbonyl (C=O) groups excluding carboxylic acids is 1. The lowest BCUT2D eigenvalue weighted by molar-refractivity contribution is 0.0953. The number of benzene rings is 2. The molecule has 0 aliphatic rings. The Kier molecular flexibility index (Phi) is 8.42. The highest BCUT2D eigenvalue weighted by molar-refractivity contribution is 7.91. The summed E-state index contributed by atoms with van der Waals surface area (Å²) >= 11 is 6.09. The fourth-order valence-corrected chi connectivity index (χ4v) is 5.88. The summed E-state index contributed by atoms with van der Waals surface area (Å²) in [4.78, 5) is 12.7. The Morgan fingerprint density at radius 3 is 2.20 bits per heavy atom. The van der Waals surface area contributed by atoms with Crippen LogP contribution in [-0.4, -0.2) is 52.4 Å². The van der Waals surface area contributed by atoms with Gasteiger partial charge in [-0.2, -0.15) is 4.31 Å². The van der Waals surface area contributed by atoms with E-state index in [4.69, 9.17) is 11.6 Å². The van der Waals surface area contributed by atoms with Crippen molar-refractivity contribution in [1.82, 2.24) is 9.62 Å². The molecule has 0 aliphatic heterocycles. The Bertz CT molecular complexity index is 1080. The van der Waals surface area contributed by atoms with Gasteiger partial charge in [0.2, 0.25) is 10.0 Å². The summed E-state index contributed by atoms with van der Waals surface area (Å²) in [5, 5.41) is 2.72. The maximum absolute atomic E-state index is 12.7. The van der Waals surface area contributed by atoms with Crippen LogP contribution in [0.1, 0.15) is 30.6 Å². The second-order valence-electron chi connectivity index (χ2n) is 6.47. The van der Waals surface area contributed by atoms with Crippen molar-refractivity contribution in [2.75, 3.05) is 25.4 Å². The van der Waals surface area contributed by atoms with Crippen LogP contribution in [0, 0.1) is 0 Å². The van der Waals surface area contributed by atoms with Crippen LogP contribution in [0.15, 0.2) is 58.3 Å². The van der Waals surface area contributed by atoms with E-state index in [2.05, 4.69) is 5.32 Å². The molecule has 0 saturated carbocycles. The summed E-state index contributed by atoms with van der Waals surface area (Å²) < 4.78 is 51.2. The van der Waals surface area contributed by atoms with E-state index in [1.807, 2.05) is 0 Å². The zero-order valence-electron chi connectivity index (χ0n) is 16.8. The quantitative estimate of drug-likeness (QED) is 0.536. The first-order valence-corrected chi connectivity index (χ1v) is 13.0. The van der Waals surface area contributed by atoms with Crippen molar-refractivity contribution in [3.8, 4) is 0 Å². The van der Waals surface area contributed by atoms with Crippen LogP contribution in [0.2, 0.25) is 5.02 Å². The van der Waals surface area contributed by atoms with Crippen molar-refractivity contribution in [2.24, 2.45) is 0 Å². The van der Waals surface area contributed by atoms with Gasteiger partial charge in [0, 0.05) is 19.6 Å². The van der Waals surface area contributed by atoms with Crippen molar-refractivity contribution in [3.63, 3.8) is 0 Å². The van der Waals surface area contributed by atoms with Gasteiger partial charge >= 0.3 is 0 Å². The highest BCUT2D eigenvalue weighted by atomic mass is 35.5. The monoisotopic (exact) mass is 472 g/mol. The van der Waals surface area contributed by atoms with Gasteiger partial charge in [-0.3, -0.25) is 4.79 Å². The Labute approximate surface area is 183 Å². The van der Waals surface area contributed by atoms with Crippen molar-refractivity contribution in [1.29, 1.82) is 0 Å². The molecule has 1 amide bonds. The van der Waals surface area contributed by atoms with Crippen molar-refractivity contribution in [3.05, 3.63) is 59.1 Å². The summed E-state index contributed by atoms with van der Waals surface area (Å²) in [5.41, 5.74) is 0.0239. The smallest absolute Gasteiger partial charge is 0.252 e. The molecule has 164 valence electrons. The molecule has 30 heavy (non-hydrogen) atoms. The van der Waals surface area contributed by atoms with Gasteiger partial charge in [-0.05, 0) is 36.8 Å². The standard InChI is InChI=1S/C20H25ClN2O5S2/c1-3-23(4-2)30(27,28)17-11-12-19(21)18(15-17)20(24)22-13-8-14-29(25,26)16-9-6-5-7-10-16/h5-7,9-12,15H,3-4,8,13-14H2,1-2H3,(H,22,24). The molecule has 0 bridgehead atoms. The molecule has 0 spiro atoms. The molecule has 0 fully saturated rings. The summed E-state index contributed by atoms with van der Waals surface area (Å²) in [5.74, 6) is -0.685. The first-order chi connectivity index (χ1) is 14.1. The fraction of sp³-hybridized carbons (Fsp3) is 0.350. The molecule has 2 aromatic rings. The van der Waals surface area contributed by atoms with Gasteiger partial charge in [-0.25, -0.2) is 16.8 Å². The van der Waals surface area contributed by atoms with Crippen LogP contribution in [0.3, 0.4) is 0 Å². The van der Waals surface area contributed by atoms with E-state index >= 15 is 0 Å². The largest absolute Gasteiger partial charge is 0.352 e. The van der Waals surface area contributed by atoms with E-state index in [9.17, 15) is 21.6 Å². The van der Waals surface area contributed by atoms with E-state index in [0.717, 1.165) is 0 Å². The van der Waals surface area contributed by atoms with Crippen LogP contribution in [-0.2, 0) is 19.9 Å². The summed E-state index contributed by atoms with van der Waals surface area (Å²) in [6, 6.07) is 12.0. The molecule has 2 aromatic carbocycles. The van der Waals surface area contributed by atoms with Crippen molar-refractivity contribution >= 4 is 37.4 Å². The fourth-order valence-electron chi connectivity index (χ4n) is 2.86. The van der Waals surface area contributed by atoms with Gasteiger partial charge in [0.1, 0.15) is 0 Å². The molecule has 0 aromatic heterocycles. The van der Waals surface area contributed by atoms with Crippen LogP contribution in [0.25, 0.3) is 0 Å². The molecule has 0 heterocycles. The third-order valence-electron chi connectivity index (χ3n) is 4.50. The Morgan fingerprint density at radius 2 is 1.60 bits per heavy atom. The van der Waals surface area contributed by atoms with Gasteiger partial charge in [-0.1, -0.05) is 43.6 Å². The molecule has 1 N–H and O–H groups in total. The number of nitrogens with zero attached hydrogens (tertiary/aromatic N) is 1. The highest BCUT2D eigenvalue weighted by Crippen LogP contribution is 2.23. The van der Waals surface area contributed by atoms with Crippen LogP contribution < -0.4 is 5.32 Å². The summed E-state index contributed by atoms with van der Waals surface area (Å²) in [6.07, 6.45) is 0.206. The Balaban J connectivity index is 2.05. The second kappa shape index (κ2) is 10.4. The molecule has 0 radical (unpaired) electrons. The lowest BCUT2D eigenvalue weighted by Gasteiger charge is -2.19. The molecule has 0 atom stereocenters. The van der Waals surface area contributed by atoms with Crippen LogP contribution >= 0.6 is 11.6 Å². The minimum absolute atomic E-state index is 0.0209. The predicted octanol–water partition coefficient (Wildman–Crippen LogP) is 2.96. The zero-order valence-corrected chi connectivity index (χ0v) is 19.2. The van der Waals surface area contributed by atoms with Crippen molar-refractivity contribution < 1.29 is 21.6 Å². The van der Waals surface area contributed by atoms with Crippen LogP contribution in [0.4, 0.5) is 0 Å². The maximum Gasteiger partial charge on any atom is 0.252 e. The minimum atomic E-state index is -3.73. The van der Waals surface area contributed by atoms with E-state index in [-0.39, 0.29) is 39.1 Å². The van der Waals surface area contributed by atoms with Gasteiger partial charge in [0.05, 0.1) is 26.1 Å². The number of sulfone groups is 1. The number of amides is 1. The highest BCUT2D eigenvalue weighted by Gasteiger charge is 2.24. The average molecular weight is 473 g/mol.